The van der Waals surface area contributed by atoms with Gasteiger partial charge in [0.15, 0.2) is 0 Å². The third-order valence-corrected chi connectivity index (χ3v) is 40.5. The minimum atomic E-state index is -3.24. The quantitative estimate of drug-likeness (QED) is 0.476. The van der Waals surface area contributed by atoms with Gasteiger partial charge in [-0.2, -0.15) is 0 Å². The first-order chi connectivity index (χ1) is 11.5. The zero-order valence-corrected chi connectivity index (χ0v) is 19.0. The van der Waals surface area contributed by atoms with E-state index in [0.29, 0.717) is 11.8 Å². The van der Waals surface area contributed by atoms with Crippen LogP contribution in [0.4, 0.5) is 0 Å². The van der Waals surface area contributed by atoms with Crippen molar-refractivity contribution in [1.82, 2.24) is 0 Å². The van der Waals surface area contributed by atoms with Crippen LogP contribution < -0.4 is 0 Å². The van der Waals surface area contributed by atoms with Crippen LogP contribution in [0.15, 0.2) is 57.9 Å². The molecule has 0 heterocycles. The summed E-state index contributed by atoms with van der Waals surface area (Å²) in [5.41, 5.74) is 5.45. The Morgan fingerprint density at radius 3 is 2.21 bits per heavy atom. The van der Waals surface area contributed by atoms with Gasteiger partial charge in [0.2, 0.25) is 0 Å². The Hall–Kier alpha value is -0.400. The van der Waals surface area contributed by atoms with Crippen LogP contribution in [-0.2, 0) is 17.0 Å². The van der Waals surface area contributed by atoms with Gasteiger partial charge in [-0.05, 0) is 0 Å². The molecule has 24 heavy (non-hydrogen) atoms. The van der Waals surface area contributed by atoms with Crippen LogP contribution in [0.3, 0.4) is 0 Å². The Labute approximate surface area is 156 Å². The molecular weight excluding hydrogens is 430 g/mol. The number of benzene rings is 2. The van der Waals surface area contributed by atoms with Crippen LogP contribution >= 0.6 is 17.0 Å². The normalized spacial score (nSPS) is 21.8. The number of hydrogen-bond acceptors (Lipinski definition) is 0. The van der Waals surface area contributed by atoms with Gasteiger partial charge in [-0.1, -0.05) is 0 Å². The monoisotopic (exact) mass is 448 g/mol. The molecule has 0 saturated heterocycles. The SMILES string of the molecule is C[SiH](C)[Zr]([Cl])([Cl])[C]1=Cc2ccccc2C1C1C=Cc2ccccc21. The van der Waals surface area contributed by atoms with Gasteiger partial charge >= 0.3 is 157 Å². The summed E-state index contributed by atoms with van der Waals surface area (Å²) in [4.78, 5) is 0. The fraction of sp³-hybridized carbons (Fsp3) is 0.200. The van der Waals surface area contributed by atoms with Crippen molar-refractivity contribution < 1.29 is 17.0 Å². The van der Waals surface area contributed by atoms with E-state index in [9.17, 15) is 0 Å². The molecule has 0 radical (unpaired) electrons. The number of halogens is 2. The Bertz CT molecular complexity index is 854. The van der Waals surface area contributed by atoms with Gasteiger partial charge in [0.25, 0.3) is 0 Å². The average Bonchev–Trinajstić information content (AvgIpc) is 3.15. The summed E-state index contributed by atoms with van der Waals surface area (Å²) in [6.07, 6.45) is 6.94. The number of fused-ring (bicyclic) bond motifs is 2. The zero-order valence-electron chi connectivity index (χ0n) is 13.8. The summed E-state index contributed by atoms with van der Waals surface area (Å²) >= 11 is -3.24. The van der Waals surface area contributed by atoms with Crippen molar-refractivity contribution >= 4 is 35.1 Å². The molecule has 0 fully saturated rings. The summed E-state index contributed by atoms with van der Waals surface area (Å²) in [5.74, 6) is -0.403. The summed E-state index contributed by atoms with van der Waals surface area (Å²) in [7, 11) is 14.2. The number of allylic oxidation sites excluding steroid dienone is 2. The molecule has 2 aliphatic carbocycles. The van der Waals surface area contributed by atoms with Crippen molar-refractivity contribution in [2.45, 2.75) is 24.9 Å². The second-order valence-corrected chi connectivity index (χ2v) is 40.0. The second-order valence-electron chi connectivity index (χ2n) is 7.00. The van der Waals surface area contributed by atoms with Gasteiger partial charge in [0.05, 0.1) is 0 Å². The summed E-state index contributed by atoms with van der Waals surface area (Å²) in [6.45, 7) is 4.63. The first-order valence-corrected chi connectivity index (χ1v) is 23.2. The molecule has 2 aliphatic rings. The van der Waals surface area contributed by atoms with Gasteiger partial charge in [0.1, 0.15) is 0 Å². The molecule has 122 valence electrons. The number of hydrogen-bond donors (Lipinski definition) is 0. The molecule has 2 aromatic rings. The van der Waals surface area contributed by atoms with Crippen molar-refractivity contribution in [2.75, 3.05) is 0 Å². The Balaban J connectivity index is 1.86. The van der Waals surface area contributed by atoms with Crippen LogP contribution in [0.1, 0.15) is 34.1 Å². The fourth-order valence-corrected chi connectivity index (χ4v) is 15.8. The first kappa shape index (κ1) is 17.0. The van der Waals surface area contributed by atoms with Crippen LogP contribution in [0.2, 0.25) is 13.1 Å². The molecule has 2 unspecified atom stereocenters. The third kappa shape index (κ3) is 2.67. The second kappa shape index (κ2) is 6.40. The Morgan fingerprint density at radius 2 is 1.50 bits per heavy atom. The van der Waals surface area contributed by atoms with Gasteiger partial charge < -0.3 is 0 Å². The van der Waals surface area contributed by atoms with E-state index in [1.54, 1.807) is 0 Å². The van der Waals surface area contributed by atoms with E-state index < -0.39 is 23.0 Å². The van der Waals surface area contributed by atoms with Crippen molar-refractivity contribution in [3.8, 4) is 0 Å². The van der Waals surface area contributed by atoms with Gasteiger partial charge in [-0.25, -0.2) is 0 Å². The van der Waals surface area contributed by atoms with Crippen molar-refractivity contribution in [3.63, 3.8) is 0 Å². The topological polar surface area (TPSA) is 0 Å². The van der Waals surface area contributed by atoms with Crippen LogP contribution in [-0.4, -0.2) is 5.92 Å². The molecule has 0 saturated carbocycles. The van der Waals surface area contributed by atoms with Gasteiger partial charge in [0, 0.05) is 0 Å². The molecule has 2 atom stereocenters. The van der Waals surface area contributed by atoms with Gasteiger partial charge in [-0.15, -0.1) is 0 Å². The summed E-state index contributed by atoms with van der Waals surface area (Å²) in [5, 5.41) is 0. The molecule has 0 spiro atoms. The molecule has 0 N–H and O–H groups in total. The standard InChI is InChI=1S/C18H13.C2H7Si.2ClH.Zr/c1-3-7-15-13(5-1)9-11-17(15)18-12-10-14-6-2-4-8-16(14)18;1-3-2;;;/h1-11,17-18H;3H,1-2H3;2*1H;/q;;;;+2/p-2. The number of rotatable bonds is 3. The molecule has 0 aromatic heterocycles. The van der Waals surface area contributed by atoms with Crippen molar-refractivity contribution in [2.24, 2.45) is 0 Å². The molecule has 0 amide bonds. The summed E-state index contributed by atoms with van der Waals surface area (Å²) < 4.78 is 1.39. The van der Waals surface area contributed by atoms with Crippen LogP contribution in [0, 0.1) is 0 Å². The molecular formula is C20H20Cl2SiZr. The van der Waals surface area contributed by atoms with E-state index in [2.05, 4.69) is 79.9 Å². The molecule has 4 rings (SSSR count). The van der Waals surface area contributed by atoms with Crippen molar-refractivity contribution in [3.05, 3.63) is 80.1 Å². The third-order valence-electron chi connectivity index (χ3n) is 5.28. The van der Waals surface area contributed by atoms with E-state index in [1.165, 1.54) is 25.5 Å². The molecule has 4 heteroatoms. The maximum absolute atomic E-state index is 7.11. The van der Waals surface area contributed by atoms with E-state index in [1.807, 2.05) is 0 Å². The van der Waals surface area contributed by atoms with Crippen LogP contribution in [0.25, 0.3) is 12.2 Å². The van der Waals surface area contributed by atoms with Gasteiger partial charge in [-0.3, -0.25) is 0 Å². The molecule has 0 bridgehead atoms. The average molecular weight is 451 g/mol. The maximum atomic E-state index is 7.11. The van der Waals surface area contributed by atoms with Crippen molar-refractivity contribution in [1.29, 1.82) is 0 Å². The Morgan fingerprint density at radius 1 is 0.875 bits per heavy atom. The van der Waals surface area contributed by atoms with E-state index in [4.69, 9.17) is 17.0 Å². The zero-order chi connectivity index (χ0) is 16.9. The predicted molar refractivity (Wildman–Crippen MR) is 106 cm³/mol. The minimum absolute atomic E-state index is 0.321. The molecule has 2 aromatic carbocycles. The summed E-state index contributed by atoms with van der Waals surface area (Å²) in [6, 6.07) is 17.4. The van der Waals surface area contributed by atoms with E-state index in [-0.39, 0.29) is 0 Å². The first-order valence-electron chi connectivity index (χ1n) is 8.46. The predicted octanol–water partition coefficient (Wildman–Crippen LogP) is 6.38. The Kier molecular flexibility index (Phi) is 4.54. The van der Waals surface area contributed by atoms with E-state index >= 15 is 0 Å². The van der Waals surface area contributed by atoms with E-state index in [0.717, 1.165) is 0 Å². The van der Waals surface area contributed by atoms with Crippen LogP contribution in [0.5, 0.6) is 0 Å². The fourth-order valence-electron chi connectivity index (χ4n) is 3.94. The molecule has 0 nitrogen and oxygen atoms in total. The molecule has 0 aliphatic heterocycles.